The van der Waals surface area contributed by atoms with Crippen LogP contribution in [0.25, 0.3) is 11.0 Å². The second-order valence-corrected chi connectivity index (χ2v) is 8.31. The molecular weight excluding hydrogens is 409 g/mol. The predicted molar refractivity (Wildman–Crippen MR) is 124 cm³/mol. The number of furan rings is 1. The zero-order valence-corrected chi connectivity index (χ0v) is 17.6. The molecule has 2 N–H and O–H groups in total. The van der Waals surface area contributed by atoms with Crippen LogP contribution in [0.1, 0.15) is 18.4 Å². The Morgan fingerprint density at radius 2 is 1.69 bits per heavy atom. The number of hydrogen-bond acceptors (Lipinski definition) is 6. The third-order valence-electron chi connectivity index (χ3n) is 6.22. The molecule has 0 amide bonds. The molecule has 0 atom stereocenters. The van der Waals surface area contributed by atoms with Crippen molar-refractivity contribution in [3.05, 3.63) is 86.6 Å². The summed E-state index contributed by atoms with van der Waals surface area (Å²) in [5.41, 5.74) is 2.27. The van der Waals surface area contributed by atoms with Gasteiger partial charge in [-0.1, -0.05) is 18.2 Å². The summed E-state index contributed by atoms with van der Waals surface area (Å²) < 4.78 is 18.7. The summed E-state index contributed by atoms with van der Waals surface area (Å²) in [7, 11) is 0. The van der Waals surface area contributed by atoms with E-state index >= 15 is 0 Å². The second kappa shape index (κ2) is 8.59. The van der Waals surface area contributed by atoms with Crippen LogP contribution < -0.4 is 21.5 Å². The monoisotopic (exact) mass is 433 g/mol. The summed E-state index contributed by atoms with van der Waals surface area (Å²) in [5, 5.41) is 7.38. The van der Waals surface area contributed by atoms with Crippen molar-refractivity contribution < 1.29 is 8.81 Å². The number of benzene rings is 2. The lowest BCUT2D eigenvalue weighted by molar-refractivity contribution is 0.221. The number of anilines is 3. The van der Waals surface area contributed by atoms with Gasteiger partial charge in [0.05, 0.1) is 6.26 Å². The van der Waals surface area contributed by atoms with Gasteiger partial charge >= 0.3 is 0 Å². The van der Waals surface area contributed by atoms with Gasteiger partial charge in [0.25, 0.3) is 10.9 Å². The van der Waals surface area contributed by atoms with Crippen LogP contribution in [0.2, 0.25) is 0 Å². The number of para-hydroxylation sites is 1. The van der Waals surface area contributed by atoms with E-state index < -0.39 is 10.9 Å². The number of piperidine rings is 1. The second-order valence-electron chi connectivity index (χ2n) is 8.31. The minimum Gasteiger partial charge on any atom is -0.464 e. The van der Waals surface area contributed by atoms with Crippen LogP contribution in [0, 0.1) is 5.82 Å². The Kier molecular flexibility index (Phi) is 5.49. The molecule has 0 spiro atoms. The van der Waals surface area contributed by atoms with Crippen molar-refractivity contribution in [2.45, 2.75) is 25.3 Å². The van der Waals surface area contributed by atoms with Crippen molar-refractivity contribution in [1.29, 1.82) is 0 Å². The van der Waals surface area contributed by atoms with Crippen LogP contribution in [0.5, 0.6) is 0 Å². The molecule has 0 saturated carbocycles. The van der Waals surface area contributed by atoms with Crippen LogP contribution in [-0.4, -0.2) is 30.6 Å². The molecule has 1 saturated heterocycles. The molecular formula is C25H24FN3O3. The van der Waals surface area contributed by atoms with Gasteiger partial charge in [-0.15, -0.1) is 0 Å². The van der Waals surface area contributed by atoms with Crippen molar-refractivity contribution in [2.24, 2.45) is 0 Å². The summed E-state index contributed by atoms with van der Waals surface area (Å²) in [6, 6.07) is 13.9. The summed E-state index contributed by atoms with van der Waals surface area (Å²) in [6.45, 7) is 2.79. The highest BCUT2D eigenvalue weighted by atomic mass is 19.1. The van der Waals surface area contributed by atoms with Crippen molar-refractivity contribution in [3.63, 3.8) is 0 Å². The summed E-state index contributed by atoms with van der Waals surface area (Å²) in [4.78, 5) is 26.6. The van der Waals surface area contributed by atoms with Gasteiger partial charge < -0.3 is 20.0 Å². The van der Waals surface area contributed by atoms with E-state index in [1.165, 1.54) is 35.2 Å². The summed E-state index contributed by atoms with van der Waals surface area (Å²) in [5.74, 6) is -0.355. The molecule has 0 aliphatic carbocycles. The molecule has 32 heavy (non-hydrogen) atoms. The molecule has 1 aromatic heterocycles. The maximum Gasteiger partial charge on any atom is 0.253 e. The number of nitrogens with one attached hydrogen (secondary N) is 2. The van der Waals surface area contributed by atoms with E-state index in [0.717, 1.165) is 44.5 Å². The Bertz CT molecular complexity index is 1300. The SMILES string of the molecule is O=c1c(Nc2ccc(F)cc2)c(NC2CCN(CCc3coc4ccccc34)CC2)c1=O. The quantitative estimate of drug-likeness (QED) is 0.429. The molecule has 0 unspecified atom stereocenters. The fourth-order valence-electron chi connectivity index (χ4n) is 4.34. The first-order chi connectivity index (χ1) is 15.6. The number of nitrogens with zero attached hydrogens (tertiary/aromatic N) is 1. The zero-order chi connectivity index (χ0) is 22.1. The molecule has 1 aliphatic rings. The van der Waals surface area contributed by atoms with E-state index in [-0.39, 0.29) is 17.5 Å². The maximum absolute atomic E-state index is 13.1. The van der Waals surface area contributed by atoms with Gasteiger partial charge in [-0.05, 0) is 55.2 Å². The highest BCUT2D eigenvalue weighted by Crippen LogP contribution is 2.25. The molecule has 6 nitrogen and oxygen atoms in total. The van der Waals surface area contributed by atoms with Crippen molar-refractivity contribution in [2.75, 3.05) is 30.3 Å². The molecule has 164 valence electrons. The van der Waals surface area contributed by atoms with Crippen LogP contribution in [-0.2, 0) is 6.42 Å². The highest BCUT2D eigenvalue weighted by molar-refractivity contribution is 5.81. The lowest BCUT2D eigenvalue weighted by atomic mass is 10.0. The van der Waals surface area contributed by atoms with Gasteiger partial charge in [-0.2, -0.15) is 0 Å². The van der Waals surface area contributed by atoms with E-state index in [2.05, 4.69) is 21.6 Å². The minimum absolute atomic E-state index is 0.137. The van der Waals surface area contributed by atoms with Gasteiger partial charge in [0.2, 0.25) is 0 Å². The van der Waals surface area contributed by atoms with Gasteiger partial charge in [-0.25, -0.2) is 4.39 Å². The van der Waals surface area contributed by atoms with Crippen molar-refractivity contribution in [1.82, 2.24) is 4.90 Å². The average Bonchev–Trinajstić information content (AvgIpc) is 3.25. The first-order valence-electron chi connectivity index (χ1n) is 10.9. The third kappa shape index (κ3) is 4.03. The van der Waals surface area contributed by atoms with Crippen molar-refractivity contribution in [3.8, 4) is 0 Å². The Hall–Kier alpha value is -3.45. The number of hydrogen-bond donors (Lipinski definition) is 2. The van der Waals surface area contributed by atoms with Gasteiger partial charge in [0, 0.05) is 36.7 Å². The Labute approximate surface area is 184 Å². The number of rotatable bonds is 7. The largest absolute Gasteiger partial charge is 0.464 e. The Balaban J connectivity index is 1.15. The minimum atomic E-state index is -0.540. The molecule has 5 rings (SSSR count). The smallest absolute Gasteiger partial charge is 0.253 e. The normalized spacial score (nSPS) is 15.4. The molecule has 7 heteroatoms. The molecule has 2 heterocycles. The van der Waals surface area contributed by atoms with Crippen LogP contribution in [0.3, 0.4) is 0 Å². The first kappa shape index (κ1) is 20.5. The van der Waals surface area contributed by atoms with Gasteiger partial charge in [0.1, 0.15) is 22.8 Å². The average molecular weight is 433 g/mol. The maximum atomic E-state index is 13.1. The zero-order valence-electron chi connectivity index (χ0n) is 17.6. The molecule has 1 fully saturated rings. The molecule has 0 bridgehead atoms. The fourth-order valence-corrected chi connectivity index (χ4v) is 4.34. The van der Waals surface area contributed by atoms with E-state index in [0.29, 0.717) is 11.4 Å². The predicted octanol–water partition coefficient (Wildman–Crippen LogP) is 4.03. The first-order valence-corrected chi connectivity index (χ1v) is 10.9. The molecule has 1 aliphatic heterocycles. The lowest BCUT2D eigenvalue weighted by Crippen LogP contribution is -2.44. The number of fused-ring (bicyclic) bond motifs is 1. The standard InChI is InChI=1S/C25H24FN3O3/c26-17-5-7-18(8-6-17)27-22-23(25(31)24(22)30)28-19-10-13-29(14-11-19)12-9-16-15-32-21-4-2-1-3-20(16)21/h1-8,15,19,27-28H,9-14H2. The molecule has 3 aromatic carbocycles. The van der Waals surface area contributed by atoms with Crippen LogP contribution in [0.15, 0.2) is 68.8 Å². The van der Waals surface area contributed by atoms with Gasteiger partial charge in [-0.3, -0.25) is 9.59 Å². The fraction of sp³-hybridized carbons (Fsp3) is 0.280. The van der Waals surface area contributed by atoms with E-state index in [4.69, 9.17) is 4.42 Å². The Morgan fingerprint density at radius 3 is 2.47 bits per heavy atom. The third-order valence-corrected chi connectivity index (χ3v) is 6.22. The van der Waals surface area contributed by atoms with E-state index in [1.54, 1.807) is 0 Å². The molecule has 4 aromatic rings. The van der Waals surface area contributed by atoms with Crippen LogP contribution >= 0.6 is 0 Å². The molecule has 0 radical (unpaired) electrons. The van der Waals surface area contributed by atoms with Gasteiger partial charge in [0.15, 0.2) is 0 Å². The Morgan fingerprint density at radius 1 is 0.969 bits per heavy atom. The lowest BCUT2D eigenvalue weighted by Gasteiger charge is -2.33. The summed E-state index contributed by atoms with van der Waals surface area (Å²) in [6.07, 6.45) is 4.56. The topological polar surface area (TPSA) is 74.6 Å². The summed E-state index contributed by atoms with van der Waals surface area (Å²) >= 11 is 0. The van der Waals surface area contributed by atoms with E-state index in [1.807, 2.05) is 24.5 Å². The van der Waals surface area contributed by atoms with Crippen molar-refractivity contribution >= 4 is 28.0 Å². The number of likely N-dealkylation sites (tertiary alicyclic amines) is 1. The van der Waals surface area contributed by atoms with Crippen LogP contribution in [0.4, 0.5) is 21.5 Å². The highest BCUT2D eigenvalue weighted by Gasteiger charge is 2.26. The van der Waals surface area contributed by atoms with E-state index in [9.17, 15) is 14.0 Å². The number of halogens is 1.